The van der Waals surface area contributed by atoms with Crippen molar-refractivity contribution in [3.63, 3.8) is 0 Å². The molecule has 1 saturated heterocycles. The molecule has 0 saturated carbocycles. The minimum absolute atomic E-state index is 0.227. The van der Waals surface area contributed by atoms with Crippen LogP contribution in [0.5, 0.6) is 0 Å². The molecule has 3 aromatic rings. The number of carbonyl (C=O) groups excluding carboxylic acids is 2. The third kappa shape index (κ3) is 3.12. The Morgan fingerprint density at radius 3 is 2.67 bits per heavy atom. The molecule has 3 amide bonds. The lowest BCUT2D eigenvalue weighted by Gasteiger charge is -2.08. The molecule has 27 heavy (non-hydrogen) atoms. The van der Waals surface area contributed by atoms with Gasteiger partial charge in [-0.1, -0.05) is 35.5 Å². The predicted molar refractivity (Wildman–Crippen MR) is 97.7 cm³/mol. The Hall–Kier alpha value is -3.68. The number of aryl methyl sites for hydroxylation is 2. The van der Waals surface area contributed by atoms with E-state index in [0.29, 0.717) is 18.0 Å². The zero-order chi connectivity index (χ0) is 19.0. The lowest BCUT2D eigenvalue weighted by Crippen LogP contribution is -2.30. The third-order valence-electron chi connectivity index (χ3n) is 4.37. The number of carbonyl (C=O) groups is 2. The van der Waals surface area contributed by atoms with Gasteiger partial charge in [0.2, 0.25) is 0 Å². The molecule has 0 radical (unpaired) electrons. The van der Waals surface area contributed by atoms with Crippen LogP contribution in [0, 0.1) is 13.8 Å². The second-order valence-electron chi connectivity index (χ2n) is 6.24. The van der Waals surface area contributed by atoms with E-state index in [9.17, 15) is 9.59 Å². The summed E-state index contributed by atoms with van der Waals surface area (Å²) in [6.07, 6.45) is 4.78. The van der Waals surface area contributed by atoms with Gasteiger partial charge in [-0.15, -0.1) is 0 Å². The lowest BCUT2D eigenvalue weighted by molar-refractivity contribution is -0.113. The molecule has 1 aliphatic heterocycles. The molecule has 0 bridgehead atoms. The lowest BCUT2D eigenvalue weighted by atomic mass is 10.2. The Labute approximate surface area is 155 Å². The predicted octanol–water partition coefficient (Wildman–Crippen LogP) is 2.63. The Balaban J connectivity index is 1.57. The fourth-order valence-corrected chi connectivity index (χ4v) is 2.93. The highest BCUT2D eigenvalue weighted by Gasteiger charge is 2.35. The Kier molecular flexibility index (Phi) is 4.08. The van der Waals surface area contributed by atoms with Gasteiger partial charge < -0.3 is 9.84 Å². The Morgan fingerprint density at radius 1 is 1.19 bits per heavy atom. The van der Waals surface area contributed by atoms with Gasteiger partial charge >= 0.3 is 6.03 Å². The molecule has 3 heterocycles. The van der Waals surface area contributed by atoms with Crippen LogP contribution in [0.15, 0.2) is 52.9 Å². The number of anilines is 1. The van der Waals surface area contributed by atoms with Crippen LogP contribution < -0.4 is 10.2 Å². The molecule has 1 fully saturated rings. The molecule has 8 heteroatoms. The topological polar surface area (TPSA) is 93.3 Å². The van der Waals surface area contributed by atoms with E-state index >= 15 is 0 Å². The van der Waals surface area contributed by atoms with Crippen LogP contribution in [0.25, 0.3) is 6.08 Å². The van der Waals surface area contributed by atoms with Crippen LogP contribution in [-0.4, -0.2) is 26.9 Å². The second kappa shape index (κ2) is 6.56. The number of hydrogen-bond acceptors (Lipinski definition) is 5. The van der Waals surface area contributed by atoms with Crippen molar-refractivity contribution in [1.29, 1.82) is 0 Å². The minimum atomic E-state index is -0.501. The Morgan fingerprint density at radius 2 is 1.96 bits per heavy atom. The van der Waals surface area contributed by atoms with E-state index in [0.717, 1.165) is 21.7 Å². The molecule has 0 spiro atoms. The number of urea groups is 1. The summed E-state index contributed by atoms with van der Waals surface area (Å²) in [6, 6.07) is 8.83. The number of nitrogens with one attached hydrogen (secondary N) is 1. The van der Waals surface area contributed by atoms with Crippen molar-refractivity contribution >= 4 is 23.7 Å². The van der Waals surface area contributed by atoms with E-state index in [1.165, 1.54) is 6.20 Å². The van der Waals surface area contributed by atoms with Gasteiger partial charge in [0.05, 0.1) is 24.1 Å². The molecule has 0 unspecified atom stereocenters. The van der Waals surface area contributed by atoms with E-state index in [-0.39, 0.29) is 5.70 Å². The summed E-state index contributed by atoms with van der Waals surface area (Å²) < 4.78 is 6.79. The SMILES string of the molecule is Cc1noc(C)c1Cn1cc(N2C(=O)N/C(=C\c3ccccc3)C2=O)cn1. The van der Waals surface area contributed by atoms with Crippen LogP contribution >= 0.6 is 0 Å². The smallest absolute Gasteiger partial charge is 0.333 e. The summed E-state index contributed by atoms with van der Waals surface area (Å²) in [4.78, 5) is 26.1. The first-order chi connectivity index (χ1) is 13.0. The maximum absolute atomic E-state index is 12.7. The van der Waals surface area contributed by atoms with Gasteiger partial charge in [0.25, 0.3) is 5.91 Å². The fraction of sp³-hybridized carbons (Fsp3) is 0.158. The van der Waals surface area contributed by atoms with Gasteiger partial charge in [-0.25, -0.2) is 9.69 Å². The number of hydrogen-bond donors (Lipinski definition) is 1. The molecule has 0 atom stereocenters. The van der Waals surface area contributed by atoms with Crippen molar-refractivity contribution < 1.29 is 14.1 Å². The van der Waals surface area contributed by atoms with E-state index in [2.05, 4.69) is 15.6 Å². The number of rotatable bonds is 4. The van der Waals surface area contributed by atoms with Crippen LogP contribution in [-0.2, 0) is 11.3 Å². The average molecular weight is 363 g/mol. The standard InChI is InChI=1S/C19H17N5O3/c1-12-16(13(2)27-22-12)11-23-10-15(9-20-23)24-18(25)17(21-19(24)26)8-14-6-4-3-5-7-14/h3-10H,11H2,1-2H3,(H,21,26)/b17-8-. The molecule has 1 aliphatic rings. The summed E-state index contributed by atoms with van der Waals surface area (Å²) in [6.45, 7) is 4.13. The molecular weight excluding hydrogens is 346 g/mol. The van der Waals surface area contributed by atoms with Crippen LogP contribution in [0.3, 0.4) is 0 Å². The highest BCUT2D eigenvalue weighted by atomic mass is 16.5. The van der Waals surface area contributed by atoms with Gasteiger partial charge in [0.1, 0.15) is 11.5 Å². The van der Waals surface area contributed by atoms with Crippen molar-refractivity contribution in [3.05, 3.63) is 71.0 Å². The highest BCUT2D eigenvalue weighted by molar-refractivity contribution is 6.28. The molecule has 0 aliphatic carbocycles. The fourth-order valence-electron chi connectivity index (χ4n) is 2.93. The summed E-state index contributed by atoms with van der Waals surface area (Å²) in [7, 11) is 0. The molecular formula is C19H17N5O3. The van der Waals surface area contributed by atoms with Crippen molar-refractivity contribution in [3.8, 4) is 0 Å². The van der Waals surface area contributed by atoms with Crippen molar-refractivity contribution in [2.75, 3.05) is 4.90 Å². The molecule has 1 N–H and O–H groups in total. The van der Waals surface area contributed by atoms with Crippen LogP contribution in [0.1, 0.15) is 22.6 Å². The van der Waals surface area contributed by atoms with Crippen LogP contribution in [0.4, 0.5) is 10.5 Å². The minimum Gasteiger partial charge on any atom is -0.361 e. The van der Waals surface area contributed by atoms with Gasteiger partial charge in [-0.3, -0.25) is 9.48 Å². The number of imide groups is 1. The van der Waals surface area contributed by atoms with E-state index in [1.54, 1.807) is 17.0 Å². The monoisotopic (exact) mass is 363 g/mol. The quantitative estimate of drug-likeness (QED) is 0.568. The van der Waals surface area contributed by atoms with E-state index < -0.39 is 11.9 Å². The number of aromatic nitrogens is 3. The zero-order valence-electron chi connectivity index (χ0n) is 14.8. The molecule has 2 aromatic heterocycles. The zero-order valence-corrected chi connectivity index (χ0v) is 14.8. The molecule has 1 aromatic carbocycles. The van der Waals surface area contributed by atoms with Crippen molar-refractivity contribution in [2.45, 2.75) is 20.4 Å². The van der Waals surface area contributed by atoms with Crippen molar-refractivity contribution in [2.24, 2.45) is 0 Å². The maximum Gasteiger partial charge on any atom is 0.333 e. The first-order valence-electron chi connectivity index (χ1n) is 8.39. The largest absolute Gasteiger partial charge is 0.361 e. The normalized spacial score (nSPS) is 15.6. The van der Waals surface area contributed by atoms with E-state index in [4.69, 9.17) is 4.52 Å². The van der Waals surface area contributed by atoms with Gasteiger partial charge in [-0.05, 0) is 25.5 Å². The number of nitrogens with zero attached hydrogens (tertiary/aromatic N) is 4. The van der Waals surface area contributed by atoms with E-state index in [1.807, 2.05) is 44.2 Å². The van der Waals surface area contributed by atoms with Gasteiger partial charge in [0.15, 0.2) is 0 Å². The van der Waals surface area contributed by atoms with Gasteiger partial charge in [-0.2, -0.15) is 5.10 Å². The average Bonchev–Trinajstić information content (AvgIpc) is 3.31. The first-order valence-corrected chi connectivity index (χ1v) is 8.39. The first kappa shape index (κ1) is 16.8. The second-order valence-corrected chi connectivity index (χ2v) is 6.24. The molecule has 8 nitrogen and oxygen atoms in total. The molecule has 4 rings (SSSR count). The summed E-state index contributed by atoms with van der Waals surface area (Å²) >= 11 is 0. The third-order valence-corrected chi connectivity index (χ3v) is 4.37. The summed E-state index contributed by atoms with van der Waals surface area (Å²) in [5, 5.41) is 10.8. The summed E-state index contributed by atoms with van der Waals surface area (Å²) in [5.41, 5.74) is 3.17. The van der Waals surface area contributed by atoms with Crippen LogP contribution in [0.2, 0.25) is 0 Å². The Bertz CT molecular complexity index is 1030. The number of benzene rings is 1. The summed E-state index contributed by atoms with van der Waals surface area (Å²) in [5.74, 6) is 0.299. The highest BCUT2D eigenvalue weighted by Crippen LogP contribution is 2.22. The van der Waals surface area contributed by atoms with Gasteiger partial charge in [0, 0.05) is 11.8 Å². The maximum atomic E-state index is 12.7. The number of amides is 3. The van der Waals surface area contributed by atoms with Crippen molar-refractivity contribution in [1.82, 2.24) is 20.3 Å². The molecule has 136 valence electrons.